The third-order valence-corrected chi connectivity index (χ3v) is 5.28. The molecule has 1 atom stereocenters. The molecule has 0 radical (unpaired) electrons. The van der Waals surface area contributed by atoms with Gasteiger partial charge in [0.25, 0.3) is 0 Å². The molecule has 2 rings (SSSR count). The van der Waals surface area contributed by atoms with E-state index >= 15 is 0 Å². The van der Waals surface area contributed by atoms with Gasteiger partial charge in [0.1, 0.15) is 5.82 Å². The summed E-state index contributed by atoms with van der Waals surface area (Å²) in [6.07, 6.45) is 0.671. The van der Waals surface area contributed by atoms with E-state index in [1.54, 1.807) is 17.8 Å². The minimum atomic E-state index is -0.372. The Morgan fingerprint density at radius 3 is 2.62 bits per heavy atom. The number of halogens is 3. The highest BCUT2D eigenvalue weighted by atomic mass is 35.5. The molecule has 0 bridgehead atoms. The molecular weight excluding hydrogens is 328 g/mol. The molecule has 21 heavy (non-hydrogen) atoms. The van der Waals surface area contributed by atoms with Crippen molar-refractivity contribution in [1.29, 1.82) is 0 Å². The quantitative estimate of drug-likeness (QED) is 0.736. The average Bonchev–Trinajstić information content (AvgIpc) is 2.49. The minimum Gasteiger partial charge on any atom is -0.316 e. The van der Waals surface area contributed by atoms with E-state index in [-0.39, 0.29) is 16.9 Å². The summed E-state index contributed by atoms with van der Waals surface area (Å²) in [5.74, 6) is 0.454. The number of thioether (sulfide) groups is 1. The summed E-state index contributed by atoms with van der Waals surface area (Å²) in [5, 5.41) is 4.20. The molecule has 0 amide bonds. The van der Waals surface area contributed by atoms with Crippen molar-refractivity contribution in [2.45, 2.75) is 17.4 Å². The topological polar surface area (TPSA) is 12.0 Å². The van der Waals surface area contributed by atoms with E-state index < -0.39 is 0 Å². The molecule has 0 saturated carbocycles. The second-order valence-electron chi connectivity index (χ2n) is 4.64. The highest BCUT2D eigenvalue weighted by molar-refractivity contribution is 7.99. The summed E-state index contributed by atoms with van der Waals surface area (Å²) in [6.45, 7) is 0. The zero-order valence-corrected chi connectivity index (χ0v) is 13.9. The van der Waals surface area contributed by atoms with Crippen molar-refractivity contribution in [3.8, 4) is 0 Å². The lowest BCUT2D eigenvalue weighted by Crippen LogP contribution is -2.30. The first-order chi connectivity index (χ1) is 10.1. The smallest absolute Gasteiger partial charge is 0.142 e. The first-order valence-corrected chi connectivity index (χ1v) is 8.33. The number of rotatable bonds is 6. The first kappa shape index (κ1) is 16.6. The van der Waals surface area contributed by atoms with E-state index in [1.807, 2.05) is 37.4 Å². The van der Waals surface area contributed by atoms with Gasteiger partial charge < -0.3 is 5.32 Å². The van der Waals surface area contributed by atoms with Crippen molar-refractivity contribution in [2.75, 3.05) is 12.8 Å². The summed E-state index contributed by atoms with van der Waals surface area (Å²) in [6, 6.07) is 12.8. The van der Waals surface area contributed by atoms with Crippen LogP contribution in [0, 0.1) is 5.82 Å². The zero-order chi connectivity index (χ0) is 15.2. The second kappa shape index (κ2) is 8.04. The Labute approximate surface area is 138 Å². The maximum atomic E-state index is 13.5. The predicted octanol–water partition coefficient (Wildman–Crippen LogP) is 5.06. The molecule has 0 aliphatic rings. The van der Waals surface area contributed by atoms with Crippen LogP contribution in [0.5, 0.6) is 0 Å². The number of hydrogen-bond donors (Lipinski definition) is 1. The molecule has 0 aromatic heterocycles. The Hall–Kier alpha value is -0.740. The Bertz CT molecular complexity index is 607. The van der Waals surface area contributed by atoms with Crippen LogP contribution in [-0.2, 0) is 6.42 Å². The van der Waals surface area contributed by atoms with Crippen LogP contribution < -0.4 is 5.32 Å². The van der Waals surface area contributed by atoms with Crippen LogP contribution in [0.2, 0.25) is 10.0 Å². The van der Waals surface area contributed by atoms with Crippen molar-refractivity contribution in [3.63, 3.8) is 0 Å². The lowest BCUT2D eigenvalue weighted by Gasteiger charge is -2.17. The molecule has 5 heteroatoms. The number of likely N-dealkylation sites (N-methyl/N-ethyl adjacent to an activating group) is 1. The van der Waals surface area contributed by atoms with Gasteiger partial charge in [-0.1, -0.05) is 47.5 Å². The van der Waals surface area contributed by atoms with Gasteiger partial charge in [0.2, 0.25) is 0 Å². The standard InChI is InChI=1S/C16H16Cl2FNS/c1-20-12(9-11-5-4-7-14(19)16(11)18)10-21-15-8-3-2-6-13(15)17/h2-8,12,20H,9-10H2,1H3. The van der Waals surface area contributed by atoms with Crippen molar-refractivity contribution in [1.82, 2.24) is 5.32 Å². The van der Waals surface area contributed by atoms with E-state index in [4.69, 9.17) is 23.2 Å². The largest absolute Gasteiger partial charge is 0.316 e. The molecule has 0 saturated heterocycles. The van der Waals surface area contributed by atoms with Crippen LogP contribution in [0.4, 0.5) is 4.39 Å². The van der Waals surface area contributed by atoms with Crippen molar-refractivity contribution in [3.05, 3.63) is 63.9 Å². The Balaban J connectivity index is 2.01. The van der Waals surface area contributed by atoms with Crippen LogP contribution in [-0.4, -0.2) is 18.8 Å². The molecule has 0 aliphatic heterocycles. The normalized spacial score (nSPS) is 12.4. The maximum absolute atomic E-state index is 13.5. The van der Waals surface area contributed by atoms with Crippen molar-refractivity contribution in [2.24, 2.45) is 0 Å². The van der Waals surface area contributed by atoms with Gasteiger partial charge in [-0.25, -0.2) is 4.39 Å². The average molecular weight is 344 g/mol. The first-order valence-electron chi connectivity index (χ1n) is 6.59. The van der Waals surface area contributed by atoms with E-state index in [0.717, 1.165) is 21.2 Å². The molecule has 0 heterocycles. The van der Waals surface area contributed by atoms with Gasteiger partial charge in [0.05, 0.1) is 10.0 Å². The van der Waals surface area contributed by atoms with Crippen LogP contribution in [0.1, 0.15) is 5.56 Å². The molecule has 0 spiro atoms. The van der Waals surface area contributed by atoms with E-state index in [1.165, 1.54) is 6.07 Å². The molecule has 1 N–H and O–H groups in total. The number of hydrogen-bond acceptors (Lipinski definition) is 2. The van der Waals surface area contributed by atoms with E-state index in [9.17, 15) is 4.39 Å². The molecule has 0 aliphatic carbocycles. The van der Waals surface area contributed by atoms with E-state index in [0.29, 0.717) is 6.42 Å². The number of benzene rings is 2. The van der Waals surface area contributed by atoms with Crippen molar-refractivity contribution >= 4 is 35.0 Å². The molecule has 112 valence electrons. The number of nitrogens with one attached hydrogen (secondary N) is 1. The monoisotopic (exact) mass is 343 g/mol. The fourth-order valence-corrected chi connectivity index (χ4v) is 3.52. The van der Waals surface area contributed by atoms with Gasteiger partial charge in [0, 0.05) is 16.7 Å². The highest BCUT2D eigenvalue weighted by Gasteiger charge is 2.13. The van der Waals surface area contributed by atoms with Gasteiger partial charge in [-0.15, -0.1) is 11.8 Å². The molecule has 2 aromatic rings. The lowest BCUT2D eigenvalue weighted by atomic mass is 10.1. The summed E-state index contributed by atoms with van der Waals surface area (Å²) in [7, 11) is 1.89. The zero-order valence-electron chi connectivity index (χ0n) is 11.6. The third-order valence-electron chi connectivity index (χ3n) is 3.18. The molecule has 0 fully saturated rings. The molecule has 2 aromatic carbocycles. The second-order valence-corrected chi connectivity index (χ2v) is 6.49. The highest BCUT2D eigenvalue weighted by Crippen LogP contribution is 2.28. The predicted molar refractivity (Wildman–Crippen MR) is 90.1 cm³/mol. The van der Waals surface area contributed by atoms with Gasteiger partial charge in [0.15, 0.2) is 0 Å². The van der Waals surface area contributed by atoms with Gasteiger partial charge in [-0.05, 0) is 37.2 Å². The van der Waals surface area contributed by atoms with E-state index in [2.05, 4.69) is 5.32 Å². The van der Waals surface area contributed by atoms with Gasteiger partial charge in [-0.2, -0.15) is 0 Å². The Morgan fingerprint density at radius 2 is 1.90 bits per heavy atom. The van der Waals surface area contributed by atoms with Gasteiger partial charge in [-0.3, -0.25) is 0 Å². The fourth-order valence-electron chi connectivity index (χ4n) is 1.97. The minimum absolute atomic E-state index is 0.186. The van der Waals surface area contributed by atoms with Gasteiger partial charge >= 0.3 is 0 Å². The van der Waals surface area contributed by atoms with Crippen LogP contribution in [0.25, 0.3) is 0 Å². The fraction of sp³-hybridized carbons (Fsp3) is 0.250. The Morgan fingerprint density at radius 1 is 1.14 bits per heavy atom. The lowest BCUT2D eigenvalue weighted by molar-refractivity contribution is 0.603. The molecular formula is C16H16Cl2FNS. The van der Waals surface area contributed by atoms with Crippen LogP contribution >= 0.6 is 35.0 Å². The maximum Gasteiger partial charge on any atom is 0.142 e. The summed E-state index contributed by atoms with van der Waals surface area (Å²) >= 11 is 13.8. The SMILES string of the molecule is CNC(CSc1ccccc1Cl)Cc1cccc(F)c1Cl. The van der Waals surface area contributed by atoms with Crippen LogP contribution in [0.3, 0.4) is 0 Å². The third kappa shape index (κ3) is 4.62. The summed E-state index contributed by atoms with van der Waals surface area (Å²) in [5.41, 5.74) is 0.816. The van der Waals surface area contributed by atoms with Crippen LogP contribution in [0.15, 0.2) is 47.4 Å². The van der Waals surface area contributed by atoms with Crippen molar-refractivity contribution < 1.29 is 4.39 Å². The Kier molecular flexibility index (Phi) is 6.37. The molecule has 1 nitrogen and oxygen atoms in total. The molecule has 1 unspecified atom stereocenters. The summed E-state index contributed by atoms with van der Waals surface area (Å²) in [4.78, 5) is 1.05. The summed E-state index contributed by atoms with van der Waals surface area (Å²) < 4.78 is 13.5.